The fourth-order valence-corrected chi connectivity index (χ4v) is 3.06. The van der Waals surface area contributed by atoms with Crippen molar-refractivity contribution in [2.45, 2.75) is 32.6 Å². The molecule has 2 amide bonds. The Hall–Kier alpha value is -2.82. The molecule has 1 aliphatic heterocycles. The number of nitrogens with zero attached hydrogens (tertiary/aromatic N) is 1. The third-order valence-corrected chi connectivity index (χ3v) is 4.64. The molecular formula is C21H25N3O2. The van der Waals surface area contributed by atoms with Gasteiger partial charge in [0.2, 0.25) is 0 Å². The van der Waals surface area contributed by atoms with Gasteiger partial charge in [-0.1, -0.05) is 26.0 Å². The number of hydrogen-bond donors (Lipinski definition) is 2. The first-order valence-corrected chi connectivity index (χ1v) is 9.10. The molecule has 1 aliphatic rings. The number of benzene rings is 2. The average Bonchev–Trinajstić information content (AvgIpc) is 3.17. The molecule has 0 bridgehead atoms. The van der Waals surface area contributed by atoms with Crippen molar-refractivity contribution in [2.75, 3.05) is 28.6 Å². The van der Waals surface area contributed by atoms with Crippen LogP contribution in [-0.4, -0.2) is 24.9 Å². The number of amides is 2. The second-order valence-electron chi connectivity index (χ2n) is 6.93. The van der Waals surface area contributed by atoms with Crippen LogP contribution < -0.4 is 15.5 Å². The Morgan fingerprint density at radius 3 is 1.73 bits per heavy atom. The molecule has 26 heavy (non-hydrogen) atoms. The Labute approximate surface area is 154 Å². The van der Waals surface area contributed by atoms with E-state index in [0.29, 0.717) is 17.3 Å². The summed E-state index contributed by atoms with van der Waals surface area (Å²) in [6.07, 6.45) is 2.44. The van der Waals surface area contributed by atoms with Gasteiger partial charge in [-0.2, -0.15) is 0 Å². The number of anilines is 3. The third kappa shape index (κ3) is 4.42. The normalized spacial score (nSPS) is 13.7. The number of rotatable bonds is 4. The molecule has 5 nitrogen and oxygen atoms in total. The van der Waals surface area contributed by atoms with E-state index in [-0.39, 0.29) is 0 Å². The Morgan fingerprint density at radius 2 is 1.27 bits per heavy atom. The molecule has 0 atom stereocenters. The second-order valence-corrected chi connectivity index (χ2v) is 6.93. The fourth-order valence-electron chi connectivity index (χ4n) is 3.06. The molecule has 1 saturated heterocycles. The summed E-state index contributed by atoms with van der Waals surface area (Å²) >= 11 is 0. The topological polar surface area (TPSA) is 61.4 Å². The molecule has 136 valence electrons. The van der Waals surface area contributed by atoms with Gasteiger partial charge in [0, 0.05) is 30.2 Å². The van der Waals surface area contributed by atoms with Gasteiger partial charge in [-0.05, 0) is 60.7 Å². The van der Waals surface area contributed by atoms with Crippen LogP contribution in [0.4, 0.5) is 17.1 Å². The number of hydrogen-bond acceptors (Lipinski definition) is 3. The standard InChI is InChI=1S/C21H25N3O2/c1-15(2)16-5-7-17(8-6-16)22-20(25)21(26)23-18-9-11-19(12-10-18)24-13-3-4-14-24/h5-12,15H,3-4,13-14H2,1-2H3,(H,22,25)(H,23,26). The second kappa shape index (κ2) is 8.04. The zero-order valence-electron chi connectivity index (χ0n) is 15.3. The number of nitrogens with one attached hydrogen (secondary N) is 2. The number of carbonyl (C=O) groups is 2. The van der Waals surface area contributed by atoms with Crippen LogP contribution in [0.25, 0.3) is 0 Å². The summed E-state index contributed by atoms with van der Waals surface area (Å²) in [4.78, 5) is 26.5. The SMILES string of the molecule is CC(C)c1ccc(NC(=O)C(=O)Nc2ccc(N3CCCC3)cc2)cc1. The molecule has 5 heteroatoms. The lowest BCUT2D eigenvalue weighted by molar-refractivity contribution is -0.132. The van der Waals surface area contributed by atoms with Gasteiger partial charge in [0.15, 0.2) is 0 Å². The minimum Gasteiger partial charge on any atom is -0.372 e. The lowest BCUT2D eigenvalue weighted by Gasteiger charge is -2.17. The molecule has 0 unspecified atom stereocenters. The van der Waals surface area contributed by atoms with Gasteiger partial charge in [-0.15, -0.1) is 0 Å². The smallest absolute Gasteiger partial charge is 0.314 e. The van der Waals surface area contributed by atoms with Gasteiger partial charge in [-0.3, -0.25) is 9.59 Å². The Bertz CT molecular complexity index is 761. The average molecular weight is 351 g/mol. The third-order valence-electron chi connectivity index (χ3n) is 4.64. The molecule has 0 aliphatic carbocycles. The first-order valence-electron chi connectivity index (χ1n) is 9.10. The molecule has 3 rings (SSSR count). The van der Waals surface area contributed by atoms with Crippen LogP contribution in [0.1, 0.15) is 38.2 Å². The summed E-state index contributed by atoms with van der Waals surface area (Å²) in [5, 5.41) is 5.26. The molecule has 1 heterocycles. The van der Waals surface area contributed by atoms with Crippen LogP contribution in [0.5, 0.6) is 0 Å². The first-order chi connectivity index (χ1) is 12.5. The van der Waals surface area contributed by atoms with E-state index in [1.54, 1.807) is 0 Å². The van der Waals surface area contributed by atoms with Crippen LogP contribution in [0.2, 0.25) is 0 Å². The van der Waals surface area contributed by atoms with Crippen LogP contribution >= 0.6 is 0 Å². The highest BCUT2D eigenvalue weighted by Gasteiger charge is 2.15. The summed E-state index contributed by atoms with van der Waals surface area (Å²) in [5.41, 5.74) is 3.56. The summed E-state index contributed by atoms with van der Waals surface area (Å²) < 4.78 is 0. The highest BCUT2D eigenvalue weighted by atomic mass is 16.2. The fraction of sp³-hybridized carbons (Fsp3) is 0.333. The van der Waals surface area contributed by atoms with Crippen LogP contribution in [-0.2, 0) is 9.59 Å². The van der Waals surface area contributed by atoms with E-state index in [1.807, 2.05) is 48.5 Å². The highest BCUT2D eigenvalue weighted by molar-refractivity contribution is 6.43. The van der Waals surface area contributed by atoms with Crippen LogP contribution in [0, 0.1) is 0 Å². The van der Waals surface area contributed by atoms with Gasteiger partial charge < -0.3 is 15.5 Å². The van der Waals surface area contributed by atoms with Gasteiger partial charge in [0.1, 0.15) is 0 Å². The van der Waals surface area contributed by atoms with Crippen molar-refractivity contribution in [2.24, 2.45) is 0 Å². The lowest BCUT2D eigenvalue weighted by atomic mass is 10.0. The molecular weight excluding hydrogens is 326 g/mol. The van der Waals surface area contributed by atoms with E-state index in [9.17, 15) is 9.59 Å². The maximum Gasteiger partial charge on any atom is 0.314 e. The first kappa shape index (κ1) is 18.0. The van der Waals surface area contributed by atoms with Crippen molar-refractivity contribution in [1.29, 1.82) is 0 Å². The monoisotopic (exact) mass is 351 g/mol. The van der Waals surface area contributed by atoms with E-state index < -0.39 is 11.8 Å². The highest BCUT2D eigenvalue weighted by Crippen LogP contribution is 2.22. The van der Waals surface area contributed by atoms with E-state index >= 15 is 0 Å². The van der Waals surface area contributed by atoms with Crippen molar-refractivity contribution in [3.63, 3.8) is 0 Å². The summed E-state index contributed by atoms with van der Waals surface area (Å²) in [6, 6.07) is 15.1. The van der Waals surface area contributed by atoms with Gasteiger partial charge in [-0.25, -0.2) is 0 Å². The number of carbonyl (C=O) groups excluding carboxylic acids is 2. The summed E-state index contributed by atoms with van der Waals surface area (Å²) in [5.74, 6) is -0.927. The molecule has 2 aromatic rings. The zero-order valence-corrected chi connectivity index (χ0v) is 15.3. The van der Waals surface area contributed by atoms with E-state index in [4.69, 9.17) is 0 Å². The largest absolute Gasteiger partial charge is 0.372 e. The van der Waals surface area contributed by atoms with E-state index in [0.717, 1.165) is 18.8 Å². The van der Waals surface area contributed by atoms with Gasteiger partial charge in [0.05, 0.1) is 0 Å². The van der Waals surface area contributed by atoms with E-state index in [1.165, 1.54) is 18.4 Å². The molecule has 0 saturated carbocycles. The van der Waals surface area contributed by atoms with Gasteiger partial charge in [0.25, 0.3) is 0 Å². The van der Waals surface area contributed by atoms with Crippen molar-refractivity contribution >= 4 is 28.9 Å². The minimum absolute atomic E-state index is 0.423. The molecule has 2 N–H and O–H groups in total. The molecule has 1 fully saturated rings. The zero-order chi connectivity index (χ0) is 18.5. The Balaban J connectivity index is 1.55. The van der Waals surface area contributed by atoms with Crippen molar-refractivity contribution in [3.05, 3.63) is 54.1 Å². The Morgan fingerprint density at radius 1 is 0.808 bits per heavy atom. The predicted molar refractivity (Wildman–Crippen MR) is 106 cm³/mol. The van der Waals surface area contributed by atoms with Crippen molar-refractivity contribution < 1.29 is 9.59 Å². The maximum atomic E-state index is 12.1. The van der Waals surface area contributed by atoms with E-state index in [2.05, 4.69) is 29.4 Å². The lowest BCUT2D eigenvalue weighted by Crippen LogP contribution is -2.29. The van der Waals surface area contributed by atoms with Crippen LogP contribution in [0.3, 0.4) is 0 Å². The van der Waals surface area contributed by atoms with Crippen molar-refractivity contribution in [3.8, 4) is 0 Å². The summed E-state index contributed by atoms with van der Waals surface area (Å²) in [6.45, 7) is 6.36. The maximum absolute atomic E-state index is 12.1. The molecule has 0 radical (unpaired) electrons. The van der Waals surface area contributed by atoms with Gasteiger partial charge >= 0.3 is 11.8 Å². The molecule has 0 spiro atoms. The molecule has 0 aromatic heterocycles. The quantitative estimate of drug-likeness (QED) is 0.819. The molecule has 2 aromatic carbocycles. The predicted octanol–water partition coefficient (Wildman–Crippen LogP) is 3.99. The minimum atomic E-state index is -0.675. The van der Waals surface area contributed by atoms with Crippen molar-refractivity contribution in [1.82, 2.24) is 0 Å². The van der Waals surface area contributed by atoms with Crippen LogP contribution in [0.15, 0.2) is 48.5 Å². The summed E-state index contributed by atoms with van der Waals surface area (Å²) in [7, 11) is 0. The Kier molecular flexibility index (Phi) is 5.56.